The van der Waals surface area contributed by atoms with Crippen molar-refractivity contribution >= 4 is 21.7 Å². The number of rotatable bonds is 4. The molecule has 2 unspecified atom stereocenters. The largest absolute Gasteiger partial charge is 0.297 e. The number of hydrogen-bond acceptors (Lipinski definition) is 1. The summed E-state index contributed by atoms with van der Waals surface area (Å²) in [7, 11) is 0. The molecule has 0 spiro atoms. The molecule has 4 aliphatic heterocycles. The third kappa shape index (κ3) is 2.33. The lowest BCUT2D eigenvalue weighted by molar-refractivity contribution is -1.18. The fraction of sp³-hybridized carbons (Fsp3) is 0.632. The SMILES string of the molecule is CCCCC12C[NH+]3CC(C)(C[NH+](C1)C3c1cccc(Br)c1)C2=O. The lowest BCUT2D eigenvalue weighted by Crippen LogP contribution is -3.41. The van der Waals surface area contributed by atoms with E-state index in [0.717, 1.165) is 37.1 Å². The molecule has 23 heavy (non-hydrogen) atoms. The molecular formula is C19H27BrN2O+2. The van der Waals surface area contributed by atoms with Crippen molar-refractivity contribution in [1.29, 1.82) is 0 Å². The third-order valence-electron chi connectivity index (χ3n) is 6.40. The molecule has 5 rings (SSSR count). The van der Waals surface area contributed by atoms with E-state index in [1.807, 2.05) is 0 Å². The molecule has 4 aliphatic rings. The molecule has 1 aromatic carbocycles. The summed E-state index contributed by atoms with van der Waals surface area (Å²) in [6.45, 7) is 8.58. The summed E-state index contributed by atoms with van der Waals surface area (Å²) in [5.41, 5.74) is 1.27. The molecule has 4 heteroatoms. The molecule has 4 heterocycles. The van der Waals surface area contributed by atoms with Gasteiger partial charge in [0, 0.05) is 4.47 Å². The van der Waals surface area contributed by atoms with Gasteiger partial charge in [0.15, 0.2) is 5.78 Å². The van der Waals surface area contributed by atoms with Crippen LogP contribution in [0.5, 0.6) is 0 Å². The van der Waals surface area contributed by atoms with Crippen LogP contribution in [-0.4, -0.2) is 32.0 Å². The van der Waals surface area contributed by atoms with Crippen LogP contribution < -0.4 is 9.80 Å². The first-order valence-electron chi connectivity index (χ1n) is 8.97. The average molecular weight is 379 g/mol. The van der Waals surface area contributed by atoms with E-state index in [1.54, 1.807) is 9.80 Å². The second-order valence-electron chi connectivity index (χ2n) is 8.29. The van der Waals surface area contributed by atoms with Crippen molar-refractivity contribution in [2.24, 2.45) is 10.8 Å². The number of benzene rings is 1. The van der Waals surface area contributed by atoms with Crippen LogP contribution in [0.25, 0.3) is 0 Å². The van der Waals surface area contributed by atoms with Crippen LogP contribution in [0.3, 0.4) is 0 Å². The minimum absolute atomic E-state index is 0.0472. The van der Waals surface area contributed by atoms with E-state index in [4.69, 9.17) is 0 Å². The summed E-state index contributed by atoms with van der Waals surface area (Å²) in [5, 5.41) is 0. The summed E-state index contributed by atoms with van der Waals surface area (Å²) in [4.78, 5) is 16.5. The maximum Gasteiger partial charge on any atom is 0.240 e. The molecule has 4 fully saturated rings. The number of nitrogens with one attached hydrogen (secondary N) is 2. The standard InChI is InChI=1S/C19H25BrN2O/c1-3-4-8-19-12-21-10-18(2,17(19)23)11-22(13-19)16(21)14-6-5-7-15(20)9-14/h5-7,9,16H,3-4,8,10-13H2,1-2H3/p+2. The second-order valence-corrected chi connectivity index (χ2v) is 9.20. The minimum atomic E-state index is -0.0998. The van der Waals surface area contributed by atoms with E-state index in [2.05, 4.69) is 54.0 Å². The normalized spacial score (nSPS) is 41.5. The molecular weight excluding hydrogens is 352 g/mol. The Morgan fingerprint density at radius 1 is 1.22 bits per heavy atom. The predicted octanol–water partition coefficient (Wildman–Crippen LogP) is 1.01. The number of Topliss-reactive ketones (excluding diaryl/α,β-unsaturated/α-hetero) is 1. The average Bonchev–Trinajstić information content (AvgIpc) is 2.49. The Morgan fingerprint density at radius 3 is 2.52 bits per heavy atom. The number of ketones is 1. The molecule has 2 N–H and O–H groups in total. The van der Waals surface area contributed by atoms with Crippen molar-refractivity contribution in [1.82, 2.24) is 0 Å². The summed E-state index contributed by atoms with van der Waals surface area (Å²) < 4.78 is 1.16. The highest BCUT2D eigenvalue weighted by Crippen LogP contribution is 2.39. The Kier molecular flexibility index (Phi) is 3.71. The van der Waals surface area contributed by atoms with Crippen molar-refractivity contribution < 1.29 is 14.6 Å². The fourth-order valence-corrected chi connectivity index (χ4v) is 6.16. The van der Waals surface area contributed by atoms with Crippen LogP contribution in [0.4, 0.5) is 0 Å². The quantitative estimate of drug-likeness (QED) is 0.803. The molecule has 0 radical (unpaired) electrons. The smallest absolute Gasteiger partial charge is 0.240 e. The molecule has 0 saturated carbocycles. The van der Waals surface area contributed by atoms with Crippen molar-refractivity contribution in [3.63, 3.8) is 0 Å². The molecule has 4 bridgehead atoms. The highest BCUT2D eigenvalue weighted by Gasteiger charge is 2.69. The molecule has 1 aromatic rings. The van der Waals surface area contributed by atoms with Crippen LogP contribution >= 0.6 is 15.9 Å². The van der Waals surface area contributed by atoms with Gasteiger partial charge in [0.25, 0.3) is 0 Å². The van der Waals surface area contributed by atoms with E-state index >= 15 is 0 Å². The molecule has 0 aromatic heterocycles. The van der Waals surface area contributed by atoms with E-state index in [0.29, 0.717) is 11.9 Å². The van der Waals surface area contributed by atoms with Crippen LogP contribution in [0, 0.1) is 10.8 Å². The number of piperidine rings is 2. The van der Waals surface area contributed by atoms with Gasteiger partial charge in [0.2, 0.25) is 6.17 Å². The summed E-state index contributed by atoms with van der Waals surface area (Å²) in [6, 6.07) is 8.78. The molecule has 3 nitrogen and oxygen atoms in total. The molecule has 4 saturated heterocycles. The van der Waals surface area contributed by atoms with Gasteiger partial charge in [-0.1, -0.05) is 41.8 Å². The van der Waals surface area contributed by atoms with Gasteiger partial charge in [0.1, 0.15) is 23.9 Å². The third-order valence-corrected chi connectivity index (χ3v) is 6.90. The van der Waals surface area contributed by atoms with Crippen LogP contribution in [0.15, 0.2) is 28.7 Å². The van der Waals surface area contributed by atoms with Crippen molar-refractivity contribution in [2.45, 2.75) is 39.3 Å². The topological polar surface area (TPSA) is 26.0 Å². The van der Waals surface area contributed by atoms with Crippen molar-refractivity contribution in [3.05, 3.63) is 34.3 Å². The number of hydrogen-bond donors (Lipinski definition) is 2. The zero-order chi connectivity index (χ0) is 16.2. The van der Waals surface area contributed by atoms with Gasteiger partial charge >= 0.3 is 0 Å². The van der Waals surface area contributed by atoms with Crippen LogP contribution in [-0.2, 0) is 4.79 Å². The van der Waals surface area contributed by atoms with Gasteiger partial charge in [-0.25, -0.2) is 0 Å². The fourth-order valence-electron chi connectivity index (χ4n) is 5.74. The first kappa shape index (κ1) is 15.8. The van der Waals surface area contributed by atoms with Crippen molar-refractivity contribution in [2.75, 3.05) is 26.2 Å². The molecule has 2 atom stereocenters. The Labute approximate surface area is 147 Å². The maximum atomic E-state index is 13.2. The monoisotopic (exact) mass is 378 g/mol. The minimum Gasteiger partial charge on any atom is -0.297 e. The Hall–Kier alpha value is -0.710. The summed E-state index contributed by atoms with van der Waals surface area (Å²) >= 11 is 3.62. The number of halogens is 1. The number of carbonyl (C=O) groups excluding carboxylic acids is 1. The van der Waals surface area contributed by atoms with Crippen LogP contribution in [0.2, 0.25) is 0 Å². The van der Waals surface area contributed by atoms with Crippen LogP contribution in [0.1, 0.15) is 44.8 Å². The zero-order valence-electron chi connectivity index (χ0n) is 14.1. The Balaban J connectivity index is 1.69. The molecule has 0 amide bonds. The highest BCUT2D eigenvalue weighted by molar-refractivity contribution is 9.10. The van der Waals surface area contributed by atoms with Gasteiger partial charge in [0.05, 0.1) is 18.7 Å². The lowest BCUT2D eigenvalue weighted by Gasteiger charge is -2.59. The van der Waals surface area contributed by atoms with Gasteiger partial charge in [-0.15, -0.1) is 0 Å². The highest BCUT2D eigenvalue weighted by atomic mass is 79.9. The lowest BCUT2D eigenvalue weighted by atomic mass is 9.59. The first-order chi connectivity index (χ1) is 11.0. The number of unbranched alkanes of at least 4 members (excludes halogenated alkanes) is 1. The number of quaternary nitrogens is 2. The van der Waals surface area contributed by atoms with E-state index in [-0.39, 0.29) is 10.8 Å². The first-order valence-corrected chi connectivity index (χ1v) is 9.76. The van der Waals surface area contributed by atoms with E-state index in [1.165, 1.54) is 18.4 Å². The van der Waals surface area contributed by atoms with Gasteiger partial charge in [-0.3, -0.25) is 14.6 Å². The van der Waals surface area contributed by atoms with Gasteiger partial charge in [-0.05, 0) is 31.5 Å². The predicted molar refractivity (Wildman–Crippen MR) is 93.3 cm³/mol. The Morgan fingerprint density at radius 2 is 1.91 bits per heavy atom. The molecule has 124 valence electrons. The second kappa shape index (κ2) is 5.40. The van der Waals surface area contributed by atoms with E-state index < -0.39 is 0 Å². The summed E-state index contributed by atoms with van der Waals surface area (Å²) in [6.07, 6.45) is 3.97. The van der Waals surface area contributed by atoms with E-state index in [9.17, 15) is 4.79 Å². The van der Waals surface area contributed by atoms with Crippen molar-refractivity contribution in [3.8, 4) is 0 Å². The summed E-state index contributed by atoms with van der Waals surface area (Å²) in [5.74, 6) is 0.582. The van der Waals surface area contributed by atoms with Gasteiger partial charge < -0.3 is 0 Å². The maximum absolute atomic E-state index is 13.2. The Bertz CT molecular complexity index is 628. The van der Waals surface area contributed by atoms with Gasteiger partial charge in [-0.2, -0.15) is 0 Å². The zero-order valence-corrected chi connectivity index (χ0v) is 15.7. The number of carbonyl (C=O) groups is 1. The molecule has 0 aliphatic carbocycles.